The Hall–Kier alpha value is -2.17. The van der Waals surface area contributed by atoms with Crippen LogP contribution in [0.3, 0.4) is 0 Å². The molecule has 0 saturated heterocycles. The van der Waals surface area contributed by atoms with Gasteiger partial charge in [0.05, 0.1) is 0 Å². The third-order valence-corrected chi connectivity index (χ3v) is 4.50. The molecule has 0 aromatic heterocycles. The van der Waals surface area contributed by atoms with Crippen molar-refractivity contribution in [3.63, 3.8) is 0 Å². The maximum Gasteiger partial charge on any atom is 0.332 e. The summed E-state index contributed by atoms with van der Waals surface area (Å²) < 4.78 is 0. The van der Waals surface area contributed by atoms with E-state index in [9.17, 15) is 9.59 Å². The van der Waals surface area contributed by atoms with Crippen LogP contribution in [0.4, 0.5) is 4.79 Å². The predicted molar refractivity (Wildman–Crippen MR) is 86.4 cm³/mol. The van der Waals surface area contributed by atoms with E-state index in [0.717, 1.165) is 18.6 Å². The van der Waals surface area contributed by atoms with E-state index in [0.29, 0.717) is 12.3 Å². The molecule has 0 aliphatic heterocycles. The molecule has 2 amide bonds. The van der Waals surface area contributed by atoms with Crippen molar-refractivity contribution in [1.29, 1.82) is 0 Å². The Bertz CT molecular complexity index is 569. The van der Waals surface area contributed by atoms with Gasteiger partial charge in [-0.05, 0) is 43.6 Å². The number of benzene rings is 1. The monoisotopic (exact) mass is 301 g/mol. The Morgan fingerprint density at radius 2 is 2.00 bits per heavy atom. The average molecular weight is 301 g/mol. The molecule has 1 aromatic rings. The minimum absolute atomic E-state index is 0.0293. The van der Waals surface area contributed by atoms with E-state index in [1.165, 1.54) is 5.56 Å². The molecule has 3 N–H and O–H groups in total. The Morgan fingerprint density at radius 1 is 1.32 bits per heavy atom. The van der Waals surface area contributed by atoms with Crippen LogP contribution in [-0.2, 0) is 11.2 Å². The molecule has 0 bridgehead atoms. The van der Waals surface area contributed by atoms with Crippen LogP contribution in [0.1, 0.15) is 32.3 Å². The second kappa shape index (κ2) is 7.20. The number of ketones is 1. The van der Waals surface area contributed by atoms with Crippen molar-refractivity contribution >= 4 is 17.5 Å². The summed E-state index contributed by atoms with van der Waals surface area (Å²) >= 11 is 0. The quantitative estimate of drug-likeness (QED) is 0.837. The number of hydrogen-bond acceptors (Lipinski definition) is 3. The van der Waals surface area contributed by atoms with Gasteiger partial charge in [-0.2, -0.15) is 5.10 Å². The van der Waals surface area contributed by atoms with E-state index >= 15 is 0 Å². The molecule has 2 rings (SSSR count). The van der Waals surface area contributed by atoms with E-state index < -0.39 is 6.03 Å². The van der Waals surface area contributed by atoms with Crippen LogP contribution in [-0.4, -0.2) is 17.5 Å². The first-order valence-electron chi connectivity index (χ1n) is 7.63. The molecule has 1 saturated carbocycles. The second-order valence-electron chi connectivity index (χ2n) is 6.07. The highest BCUT2D eigenvalue weighted by Gasteiger charge is 2.34. The zero-order chi connectivity index (χ0) is 16.1. The summed E-state index contributed by atoms with van der Waals surface area (Å²) in [6, 6.07) is 9.56. The van der Waals surface area contributed by atoms with E-state index in [1.807, 2.05) is 18.2 Å². The van der Waals surface area contributed by atoms with Gasteiger partial charge in [0, 0.05) is 11.6 Å². The van der Waals surface area contributed by atoms with E-state index in [2.05, 4.69) is 29.6 Å². The largest absolute Gasteiger partial charge is 0.350 e. The summed E-state index contributed by atoms with van der Waals surface area (Å²) in [4.78, 5) is 22.7. The Kier molecular flexibility index (Phi) is 5.31. The minimum atomic E-state index is -0.677. The Labute approximate surface area is 131 Å². The number of nitrogens with one attached hydrogen (secondary N) is 1. The molecule has 1 fully saturated rings. The molecular formula is C17H23N3O2. The number of primary amides is 1. The molecule has 1 aliphatic carbocycles. The smallest absolute Gasteiger partial charge is 0.332 e. The number of Topliss-reactive ketones (excluding diaryl/α,β-unsaturated/α-hetero) is 1. The molecule has 0 radical (unpaired) electrons. The summed E-state index contributed by atoms with van der Waals surface area (Å²) in [6.07, 6.45) is 2.37. The number of nitrogens with zero attached hydrogens (tertiary/aromatic N) is 1. The zero-order valence-corrected chi connectivity index (χ0v) is 13.1. The summed E-state index contributed by atoms with van der Waals surface area (Å²) in [5.74, 6) is 0.691. The number of rotatable bonds is 4. The first-order valence-corrected chi connectivity index (χ1v) is 7.63. The number of amides is 2. The molecule has 0 unspecified atom stereocenters. The van der Waals surface area contributed by atoms with Crippen LogP contribution < -0.4 is 11.2 Å². The van der Waals surface area contributed by atoms with Crippen LogP contribution in [0.2, 0.25) is 0 Å². The van der Waals surface area contributed by atoms with Gasteiger partial charge in [-0.15, -0.1) is 0 Å². The average Bonchev–Trinajstić information content (AvgIpc) is 2.48. The van der Waals surface area contributed by atoms with Crippen LogP contribution in [0.5, 0.6) is 0 Å². The van der Waals surface area contributed by atoms with Crippen molar-refractivity contribution in [3.05, 3.63) is 35.9 Å². The maximum atomic E-state index is 11.8. The van der Waals surface area contributed by atoms with Crippen molar-refractivity contribution in [2.24, 2.45) is 28.6 Å². The molecule has 1 aromatic carbocycles. The van der Waals surface area contributed by atoms with Gasteiger partial charge in [0.1, 0.15) is 5.78 Å². The number of nitrogens with two attached hydrogens (primary N) is 1. The fourth-order valence-corrected chi connectivity index (χ4v) is 3.12. The molecular weight excluding hydrogens is 278 g/mol. The molecule has 5 heteroatoms. The first-order chi connectivity index (χ1) is 10.5. The van der Waals surface area contributed by atoms with Gasteiger partial charge < -0.3 is 5.73 Å². The zero-order valence-electron chi connectivity index (χ0n) is 13.1. The van der Waals surface area contributed by atoms with E-state index in [-0.39, 0.29) is 17.6 Å². The summed E-state index contributed by atoms with van der Waals surface area (Å²) in [5.41, 5.74) is 9.50. The standard InChI is InChI=1S/C17H23N3O2/c1-11-14(8-13-6-4-3-5-7-13)9-15(12(2)21)10-16(11)19-20-17(18)22/h3-7,11,14-15H,8-10H2,1-2H3,(H3,18,20,22)/t11-,14+,15-/m0/s1. The highest BCUT2D eigenvalue weighted by Crippen LogP contribution is 2.34. The molecule has 5 nitrogen and oxygen atoms in total. The second-order valence-corrected chi connectivity index (χ2v) is 6.07. The van der Waals surface area contributed by atoms with Crippen LogP contribution in [0, 0.1) is 17.8 Å². The van der Waals surface area contributed by atoms with Gasteiger partial charge in [0.25, 0.3) is 0 Å². The van der Waals surface area contributed by atoms with Crippen molar-refractivity contribution in [2.75, 3.05) is 0 Å². The summed E-state index contributed by atoms with van der Waals surface area (Å²) in [6.45, 7) is 3.73. The van der Waals surface area contributed by atoms with Crippen LogP contribution >= 0.6 is 0 Å². The number of hydrogen-bond donors (Lipinski definition) is 2. The number of carbonyl (C=O) groups is 2. The lowest BCUT2D eigenvalue weighted by atomic mass is 9.70. The number of urea groups is 1. The third-order valence-electron chi connectivity index (χ3n) is 4.50. The lowest BCUT2D eigenvalue weighted by molar-refractivity contribution is -0.121. The van der Waals surface area contributed by atoms with E-state index in [1.54, 1.807) is 6.92 Å². The van der Waals surface area contributed by atoms with Gasteiger partial charge in [-0.3, -0.25) is 4.79 Å². The van der Waals surface area contributed by atoms with Gasteiger partial charge in [-0.1, -0.05) is 37.3 Å². The Balaban J connectivity index is 2.18. The van der Waals surface area contributed by atoms with Gasteiger partial charge >= 0.3 is 6.03 Å². The summed E-state index contributed by atoms with van der Waals surface area (Å²) in [7, 11) is 0. The summed E-state index contributed by atoms with van der Waals surface area (Å²) in [5, 5.41) is 4.13. The lowest BCUT2D eigenvalue weighted by Crippen LogP contribution is -2.37. The minimum Gasteiger partial charge on any atom is -0.350 e. The third kappa shape index (κ3) is 4.16. The Morgan fingerprint density at radius 3 is 2.59 bits per heavy atom. The number of hydrazone groups is 1. The normalized spacial score (nSPS) is 26.6. The van der Waals surface area contributed by atoms with Crippen molar-refractivity contribution in [2.45, 2.75) is 33.1 Å². The highest BCUT2D eigenvalue weighted by molar-refractivity contribution is 5.93. The maximum absolute atomic E-state index is 11.8. The topological polar surface area (TPSA) is 84.6 Å². The lowest BCUT2D eigenvalue weighted by Gasteiger charge is -2.34. The van der Waals surface area contributed by atoms with Gasteiger partial charge in [0.2, 0.25) is 0 Å². The SMILES string of the molecule is CC(=O)[C@@H]1CC(=NNC(N)=O)[C@@H](C)[C@H](Cc2ccccc2)C1. The van der Waals surface area contributed by atoms with Crippen LogP contribution in [0.15, 0.2) is 35.4 Å². The predicted octanol–water partition coefficient (Wildman–Crippen LogP) is 2.50. The molecule has 118 valence electrons. The van der Waals surface area contributed by atoms with Crippen LogP contribution in [0.25, 0.3) is 0 Å². The molecule has 0 spiro atoms. The van der Waals surface area contributed by atoms with Crippen molar-refractivity contribution < 1.29 is 9.59 Å². The van der Waals surface area contributed by atoms with Crippen molar-refractivity contribution in [1.82, 2.24) is 5.43 Å². The molecule has 3 atom stereocenters. The molecule has 1 aliphatic rings. The number of carbonyl (C=O) groups excluding carboxylic acids is 2. The van der Waals surface area contributed by atoms with Gasteiger partial charge in [0.15, 0.2) is 0 Å². The van der Waals surface area contributed by atoms with E-state index in [4.69, 9.17) is 5.73 Å². The molecule has 22 heavy (non-hydrogen) atoms. The van der Waals surface area contributed by atoms with Gasteiger partial charge in [-0.25, -0.2) is 10.2 Å². The fourth-order valence-electron chi connectivity index (χ4n) is 3.12. The fraction of sp³-hybridized carbons (Fsp3) is 0.471. The van der Waals surface area contributed by atoms with Crippen molar-refractivity contribution in [3.8, 4) is 0 Å². The highest BCUT2D eigenvalue weighted by atomic mass is 16.2. The first kappa shape index (κ1) is 16.2. The molecule has 0 heterocycles.